The number of fused-ring (bicyclic) bond motifs is 1. The highest BCUT2D eigenvalue weighted by atomic mass is 35.5. The number of hydrogen-bond donors (Lipinski definition) is 1. The topological polar surface area (TPSA) is 24.9 Å². The van der Waals surface area contributed by atoms with Crippen molar-refractivity contribution < 1.29 is 0 Å². The van der Waals surface area contributed by atoms with Crippen LogP contribution in [0.3, 0.4) is 0 Å². The molecule has 4 heteroatoms. The van der Waals surface area contributed by atoms with Gasteiger partial charge >= 0.3 is 0 Å². The monoisotopic (exact) mass is 306 g/mol. The normalized spacial score (nSPS) is 15.3. The van der Waals surface area contributed by atoms with E-state index in [1.165, 1.54) is 34.0 Å². The summed E-state index contributed by atoms with van der Waals surface area (Å²) in [6, 6.07) is 8.31. The Bertz CT molecular complexity index is 555. The molecule has 1 heterocycles. The van der Waals surface area contributed by atoms with E-state index in [2.05, 4.69) is 24.4 Å². The summed E-state index contributed by atoms with van der Waals surface area (Å²) in [6.07, 6.45) is 4.73. The quantitative estimate of drug-likeness (QED) is 0.887. The minimum absolute atomic E-state index is 0.197. The molecular weight excluding hydrogens is 288 g/mol. The fourth-order valence-corrected chi connectivity index (χ4v) is 4.01. The molecule has 1 aromatic heterocycles. The smallest absolute Gasteiger partial charge is 0.115 e. The zero-order chi connectivity index (χ0) is 13.9. The molecule has 1 aliphatic carbocycles. The van der Waals surface area contributed by atoms with Crippen molar-refractivity contribution >= 4 is 22.9 Å². The number of halogens is 1. The van der Waals surface area contributed by atoms with Crippen LogP contribution in [0.2, 0.25) is 5.02 Å². The first kappa shape index (κ1) is 14.1. The van der Waals surface area contributed by atoms with Gasteiger partial charge in [-0.05, 0) is 49.9 Å². The minimum Gasteiger partial charge on any atom is -0.304 e. The molecule has 2 aromatic rings. The lowest BCUT2D eigenvalue weighted by Crippen LogP contribution is -2.23. The molecule has 1 unspecified atom stereocenters. The van der Waals surface area contributed by atoms with Gasteiger partial charge in [0.1, 0.15) is 5.01 Å². The van der Waals surface area contributed by atoms with Crippen molar-refractivity contribution in [1.29, 1.82) is 0 Å². The summed E-state index contributed by atoms with van der Waals surface area (Å²) in [5, 5.41) is 5.60. The molecule has 106 valence electrons. The molecule has 0 radical (unpaired) electrons. The number of nitrogens with one attached hydrogen (secondary N) is 1. The highest BCUT2D eigenvalue weighted by Crippen LogP contribution is 2.33. The first-order valence-corrected chi connectivity index (χ1v) is 8.44. The molecule has 0 amide bonds. The molecule has 2 nitrogen and oxygen atoms in total. The van der Waals surface area contributed by atoms with E-state index in [9.17, 15) is 0 Å². The Morgan fingerprint density at radius 1 is 1.30 bits per heavy atom. The van der Waals surface area contributed by atoms with Crippen LogP contribution in [0, 0.1) is 0 Å². The maximum atomic E-state index is 5.99. The number of thiazole rings is 1. The lowest BCUT2D eigenvalue weighted by atomic mass is 10.1. The maximum absolute atomic E-state index is 5.99. The van der Waals surface area contributed by atoms with Gasteiger partial charge in [0.2, 0.25) is 0 Å². The molecule has 0 bridgehead atoms. The van der Waals surface area contributed by atoms with E-state index in [0.717, 1.165) is 24.4 Å². The summed E-state index contributed by atoms with van der Waals surface area (Å²) in [4.78, 5) is 6.35. The van der Waals surface area contributed by atoms with Crippen molar-refractivity contribution in [2.45, 2.75) is 38.6 Å². The minimum atomic E-state index is 0.197. The van der Waals surface area contributed by atoms with Crippen LogP contribution in [-0.4, -0.2) is 11.5 Å². The molecule has 0 saturated heterocycles. The van der Waals surface area contributed by atoms with Gasteiger partial charge in [-0.1, -0.05) is 30.7 Å². The van der Waals surface area contributed by atoms with Gasteiger partial charge in [0.25, 0.3) is 0 Å². The summed E-state index contributed by atoms with van der Waals surface area (Å²) in [5.74, 6) is 0. The molecule has 3 rings (SSSR count). The number of rotatable bonds is 5. The van der Waals surface area contributed by atoms with Crippen LogP contribution in [0.5, 0.6) is 0 Å². The van der Waals surface area contributed by atoms with Crippen molar-refractivity contribution in [1.82, 2.24) is 10.3 Å². The average molecular weight is 307 g/mol. The molecule has 1 atom stereocenters. The number of aryl methyl sites for hydroxylation is 2. The van der Waals surface area contributed by atoms with Gasteiger partial charge in [0.15, 0.2) is 0 Å². The fraction of sp³-hybridized carbons (Fsp3) is 0.438. The van der Waals surface area contributed by atoms with Crippen molar-refractivity contribution in [2.24, 2.45) is 0 Å². The van der Waals surface area contributed by atoms with Crippen molar-refractivity contribution in [3.05, 3.63) is 50.4 Å². The second-order valence-corrected chi connectivity index (χ2v) is 6.77. The van der Waals surface area contributed by atoms with Crippen LogP contribution in [0.25, 0.3) is 0 Å². The van der Waals surface area contributed by atoms with E-state index in [-0.39, 0.29) is 6.04 Å². The largest absolute Gasteiger partial charge is 0.304 e. The van der Waals surface area contributed by atoms with E-state index in [1.807, 2.05) is 23.5 Å². The predicted octanol–water partition coefficient (Wildman–Crippen LogP) is 4.37. The Labute approximate surface area is 129 Å². The molecule has 20 heavy (non-hydrogen) atoms. The summed E-state index contributed by atoms with van der Waals surface area (Å²) in [5.41, 5.74) is 2.57. The summed E-state index contributed by atoms with van der Waals surface area (Å²) in [7, 11) is 0. The summed E-state index contributed by atoms with van der Waals surface area (Å²) in [6.45, 7) is 3.19. The van der Waals surface area contributed by atoms with Gasteiger partial charge in [-0.3, -0.25) is 0 Å². The van der Waals surface area contributed by atoms with Gasteiger partial charge in [0, 0.05) is 9.90 Å². The SMILES string of the molecule is CCCNC(c1ccc(Cl)cc1)c1nc2c(s1)CCC2. The van der Waals surface area contributed by atoms with Gasteiger partial charge in [-0.15, -0.1) is 11.3 Å². The molecular formula is C16H19ClN2S. The molecule has 1 aliphatic rings. The molecule has 0 spiro atoms. The Morgan fingerprint density at radius 2 is 2.10 bits per heavy atom. The Kier molecular flexibility index (Phi) is 4.39. The third-order valence-electron chi connectivity index (χ3n) is 3.66. The van der Waals surface area contributed by atoms with Crippen molar-refractivity contribution in [2.75, 3.05) is 6.54 Å². The molecule has 0 saturated carbocycles. The average Bonchev–Trinajstić information content (AvgIpc) is 3.02. The van der Waals surface area contributed by atoms with E-state index >= 15 is 0 Å². The zero-order valence-electron chi connectivity index (χ0n) is 11.7. The van der Waals surface area contributed by atoms with Gasteiger partial charge in [-0.25, -0.2) is 4.98 Å². The first-order valence-electron chi connectivity index (χ1n) is 7.25. The van der Waals surface area contributed by atoms with E-state index in [1.54, 1.807) is 0 Å². The molecule has 0 fully saturated rings. The third kappa shape index (κ3) is 2.90. The lowest BCUT2D eigenvalue weighted by Gasteiger charge is -2.17. The highest BCUT2D eigenvalue weighted by molar-refractivity contribution is 7.11. The Balaban J connectivity index is 1.90. The van der Waals surface area contributed by atoms with E-state index < -0.39 is 0 Å². The highest BCUT2D eigenvalue weighted by Gasteiger charge is 2.22. The van der Waals surface area contributed by atoms with Gasteiger partial charge in [-0.2, -0.15) is 0 Å². The predicted molar refractivity (Wildman–Crippen MR) is 85.7 cm³/mol. The Morgan fingerprint density at radius 3 is 2.80 bits per heavy atom. The molecule has 0 aliphatic heterocycles. The van der Waals surface area contributed by atoms with Crippen LogP contribution in [-0.2, 0) is 12.8 Å². The third-order valence-corrected chi connectivity index (χ3v) is 5.14. The lowest BCUT2D eigenvalue weighted by molar-refractivity contribution is 0.594. The van der Waals surface area contributed by atoms with E-state index in [0.29, 0.717) is 0 Å². The molecule has 1 N–H and O–H groups in total. The van der Waals surface area contributed by atoms with Crippen LogP contribution < -0.4 is 5.32 Å². The maximum Gasteiger partial charge on any atom is 0.115 e. The first-order chi connectivity index (χ1) is 9.78. The second kappa shape index (κ2) is 6.25. The number of hydrogen-bond acceptors (Lipinski definition) is 3. The zero-order valence-corrected chi connectivity index (χ0v) is 13.2. The van der Waals surface area contributed by atoms with Crippen molar-refractivity contribution in [3.63, 3.8) is 0 Å². The van der Waals surface area contributed by atoms with E-state index in [4.69, 9.17) is 16.6 Å². The number of nitrogens with zero attached hydrogens (tertiary/aromatic N) is 1. The van der Waals surface area contributed by atoms with Crippen LogP contribution in [0.4, 0.5) is 0 Å². The Hall–Kier alpha value is -0.900. The fourth-order valence-electron chi connectivity index (χ4n) is 2.63. The van der Waals surface area contributed by atoms with Gasteiger partial charge < -0.3 is 5.32 Å². The second-order valence-electron chi connectivity index (χ2n) is 5.21. The number of benzene rings is 1. The van der Waals surface area contributed by atoms with Crippen LogP contribution in [0.15, 0.2) is 24.3 Å². The van der Waals surface area contributed by atoms with Crippen LogP contribution in [0.1, 0.15) is 46.9 Å². The summed E-state index contributed by atoms with van der Waals surface area (Å²) >= 11 is 7.87. The van der Waals surface area contributed by atoms with Crippen LogP contribution >= 0.6 is 22.9 Å². The standard InChI is InChI=1S/C16H19ClN2S/c1-2-10-18-15(11-6-8-12(17)9-7-11)16-19-13-4-3-5-14(13)20-16/h6-9,15,18H,2-5,10H2,1H3. The van der Waals surface area contributed by atoms with Crippen molar-refractivity contribution in [3.8, 4) is 0 Å². The molecule has 1 aromatic carbocycles. The summed E-state index contributed by atoms with van der Waals surface area (Å²) < 4.78 is 0. The number of aromatic nitrogens is 1. The van der Waals surface area contributed by atoms with Gasteiger partial charge in [0.05, 0.1) is 11.7 Å².